The van der Waals surface area contributed by atoms with Crippen molar-refractivity contribution in [2.75, 3.05) is 43.4 Å². The maximum Gasteiger partial charge on any atom is 0.243 e. The van der Waals surface area contributed by atoms with Crippen LogP contribution in [0.5, 0.6) is 5.75 Å². The van der Waals surface area contributed by atoms with Crippen LogP contribution in [-0.2, 0) is 11.2 Å². The maximum absolute atomic E-state index is 14.6. The molecule has 0 aliphatic carbocycles. The van der Waals surface area contributed by atoms with Gasteiger partial charge in [-0.25, -0.2) is 4.39 Å². The van der Waals surface area contributed by atoms with E-state index in [1.807, 2.05) is 31.2 Å². The molecule has 5 rings (SSSR count). The number of anilines is 2. The lowest BCUT2D eigenvalue weighted by atomic mass is 9.89. The first-order valence-electron chi connectivity index (χ1n) is 11.7. The van der Waals surface area contributed by atoms with Crippen LogP contribution in [0, 0.1) is 18.7 Å². The van der Waals surface area contributed by atoms with Gasteiger partial charge < -0.3 is 15.4 Å². The summed E-state index contributed by atoms with van der Waals surface area (Å²) in [5, 5.41) is 7.36. The van der Waals surface area contributed by atoms with Gasteiger partial charge in [0.2, 0.25) is 5.91 Å². The number of hydrogen-bond acceptors (Lipinski definition) is 5. The molecule has 34 heavy (non-hydrogen) atoms. The van der Waals surface area contributed by atoms with Gasteiger partial charge in [0.25, 0.3) is 0 Å². The summed E-state index contributed by atoms with van der Waals surface area (Å²) < 4.78 is 20.7. The van der Waals surface area contributed by atoms with Crippen LogP contribution in [0.4, 0.5) is 15.8 Å². The minimum Gasteiger partial charge on any atom is -0.491 e. The van der Waals surface area contributed by atoms with E-state index >= 15 is 0 Å². The molecule has 1 aromatic heterocycles. The monoisotopic (exact) mass is 482 g/mol. The van der Waals surface area contributed by atoms with Crippen molar-refractivity contribution in [1.82, 2.24) is 9.88 Å². The van der Waals surface area contributed by atoms with Crippen molar-refractivity contribution in [3.63, 3.8) is 0 Å². The number of fused-ring (bicyclic) bond motifs is 2. The standard InChI is InChI=1S/C26H28ClFN4O2/c1-16-2-3-20-22(30-16)12-19(27)13-25(20)34-9-8-32-6-4-17(5-7-32)10-18-11-24-23(14-21(18)28)29-15-26(33)31-24/h2-3,11-14,17,29H,4-10,15H2,1H3,(H,31,33). The number of aryl methyl sites for hydroxylation is 1. The van der Waals surface area contributed by atoms with Gasteiger partial charge in [-0.1, -0.05) is 11.6 Å². The SMILES string of the molecule is Cc1ccc2c(OCCN3CCC(Cc4cc5c(cc4F)NCC(=O)N5)CC3)cc(Cl)cc2n1. The van der Waals surface area contributed by atoms with Gasteiger partial charge in [0.1, 0.15) is 18.2 Å². The van der Waals surface area contributed by atoms with Crippen LogP contribution in [0.2, 0.25) is 5.02 Å². The molecule has 2 aliphatic rings. The van der Waals surface area contributed by atoms with E-state index < -0.39 is 0 Å². The molecular weight excluding hydrogens is 455 g/mol. The predicted octanol–water partition coefficient (Wildman–Crippen LogP) is 5.03. The fourth-order valence-electron chi connectivity index (χ4n) is 4.79. The number of hydrogen-bond donors (Lipinski definition) is 2. The molecule has 1 fully saturated rings. The largest absolute Gasteiger partial charge is 0.491 e. The first-order chi connectivity index (χ1) is 16.4. The molecule has 8 heteroatoms. The Labute approximate surface area is 203 Å². The van der Waals surface area contributed by atoms with Gasteiger partial charge in [-0.05, 0) is 87.2 Å². The zero-order chi connectivity index (χ0) is 23.7. The van der Waals surface area contributed by atoms with Crippen molar-refractivity contribution in [1.29, 1.82) is 0 Å². The highest BCUT2D eigenvalue weighted by molar-refractivity contribution is 6.31. The lowest BCUT2D eigenvalue weighted by Crippen LogP contribution is -2.37. The van der Waals surface area contributed by atoms with Crippen molar-refractivity contribution < 1.29 is 13.9 Å². The summed E-state index contributed by atoms with van der Waals surface area (Å²) in [6.45, 7) is 5.44. The number of aromatic nitrogens is 1. The van der Waals surface area contributed by atoms with E-state index in [-0.39, 0.29) is 18.3 Å². The van der Waals surface area contributed by atoms with Crippen molar-refractivity contribution in [3.8, 4) is 5.75 Å². The molecule has 1 saturated heterocycles. The van der Waals surface area contributed by atoms with Gasteiger partial charge >= 0.3 is 0 Å². The number of halogens is 2. The molecule has 0 atom stereocenters. The number of amides is 1. The normalized spacial score (nSPS) is 16.7. The Morgan fingerprint density at radius 2 is 2.00 bits per heavy atom. The number of nitrogens with one attached hydrogen (secondary N) is 2. The van der Waals surface area contributed by atoms with Crippen molar-refractivity contribution in [3.05, 3.63) is 58.5 Å². The third kappa shape index (κ3) is 5.10. The summed E-state index contributed by atoms with van der Waals surface area (Å²) in [5.74, 6) is 0.868. The average molecular weight is 483 g/mol. The van der Waals surface area contributed by atoms with E-state index in [9.17, 15) is 9.18 Å². The fourth-order valence-corrected chi connectivity index (χ4v) is 5.00. The van der Waals surface area contributed by atoms with Crippen LogP contribution in [0.25, 0.3) is 10.9 Å². The highest BCUT2D eigenvalue weighted by atomic mass is 35.5. The molecule has 0 saturated carbocycles. The highest BCUT2D eigenvalue weighted by Crippen LogP contribution is 2.32. The van der Waals surface area contributed by atoms with Crippen LogP contribution in [-0.4, -0.2) is 48.6 Å². The van der Waals surface area contributed by atoms with E-state index in [4.69, 9.17) is 16.3 Å². The number of likely N-dealkylation sites (tertiary alicyclic amines) is 1. The summed E-state index contributed by atoms with van der Waals surface area (Å²) in [5.41, 5.74) is 3.77. The Bertz CT molecular complexity index is 1220. The maximum atomic E-state index is 14.6. The number of piperidine rings is 1. The molecule has 2 aliphatic heterocycles. The number of carbonyl (C=O) groups is 1. The molecule has 3 aromatic rings. The van der Waals surface area contributed by atoms with Gasteiger partial charge in [0.15, 0.2) is 0 Å². The molecule has 6 nitrogen and oxygen atoms in total. The number of ether oxygens (including phenoxy) is 1. The molecule has 2 aromatic carbocycles. The summed E-state index contributed by atoms with van der Waals surface area (Å²) in [6.07, 6.45) is 2.69. The van der Waals surface area contributed by atoms with Crippen LogP contribution in [0.1, 0.15) is 24.1 Å². The van der Waals surface area contributed by atoms with E-state index in [1.54, 1.807) is 6.07 Å². The molecule has 178 valence electrons. The number of benzene rings is 2. The summed E-state index contributed by atoms with van der Waals surface area (Å²) in [6, 6.07) is 11.0. The van der Waals surface area contributed by atoms with Gasteiger partial charge in [-0.15, -0.1) is 0 Å². The molecule has 0 bridgehead atoms. The lowest BCUT2D eigenvalue weighted by Gasteiger charge is -2.32. The van der Waals surface area contributed by atoms with Gasteiger partial charge in [-0.2, -0.15) is 0 Å². The van der Waals surface area contributed by atoms with Crippen molar-refractivity contribution >= 4 is 39.8 Å². The van der Waals surface area contributed by atoms with Crippen LogP contribution >= 0.6 is 11.6 Å². The van der Waals surface area contributed by atoms with E-state index in [0.717, 1.165) is 54.8 Å². The minimum atomic E-state index is -0.211. The van der Waals surface area contributed by atoms with Gasteiger partial charge in [0.05, 0.1) is 23.4 Å². The highest BCUT2D eigenvalue weighted by Gasteiger charge is 2.23. The average Bonchev–Trinajstić information content (AvgIpc) is 2.80. The Balaban J connectivity index is 1.13. The third-order valence-corrected chi connectivity index (χ3v) is 6.87. The van der Waals surface area contributed by atoms with Crippen LogP contribution in [0.3, 0.4) is 0 Å². The Morgan fingerprint density at radius 3 is 2.82 bits per heavy atom. The number of nitrogens with zero attached hydrogens (tertiary/aromatic N) is 2. The van der Waals surface area contributed by atoms with Crippen molar-refractivity contribution in [2.45, 2.75) is 26.2 Å². The third-order valence-electron chi connectivity index (χ3n) is 6.65. The number of pyridine rings is 1. The fraction of sp³-hybridized carbons (Fsp3) is 0.385. The lowest BCUT2D eigenvalue weighted by molar-refractivity contribution is -0.114. The molecule has 0 radical (unpaired) electrons. The van der Waals surface area contributed by atoms with Crippen molar-refractivity contribution in [2.24, 2.45) is 5.92 Å². The topological polar surface area (TPSA) is 66.5 Å². The molecular formula is C26H28ClFN4O2. The molecule has 3 heterocycles. The minimum absolute atomic E-state index is 0.0993. The Hall–Kier alpha value is -2.90. The van der Waals surface area contributed by atoms with E-state index in [1.165, 1.54) is 6.07 Å². The smallest absolute Gasteiger partial charge is 0.243 e. The van der Waals surface area contributed by atoms with Gasteiger partial charge in [0, 0.05) is 22.6 Å². The quantitative estimate of drug-likeness (QED) is 0.515. The molecule has 1 amide bonds. The van der Waals surface area contributed by atoms with E-state index in [0.29, 0.717) is 40.9 Å². The van der Waals surface area contributed by atoms with E-state index in [2.05, 4.69) is 20.5 Å². The molecule has 2 N–H and O–H groups in total. The zero-order valence-electron chi connectivity index (χ0n) is 19.2. The summed E-state index contributed by atoms with van der Waals surface area (Å²) in [4.78, 5) is 18.6. The second-order valence-electron chi connectivity index (χ2n) is 9.15. The summed E-state index contributed by atoms with van der Waals surface area (Å²) in [7, 11) is 0. The van der Waals surface area contributed by atoms with Crippen LogP contribution < -0.4 is 15.4 Å². The summed E-state index contributed by atoms with van der Waals surface area (Å²) >= 11 is 6.26. The number of carbonyl (C=O) groups excluding carboxylic acids is 1. The Morgan fingerprint density at radius 1 is 1.18 bits per heavy atom. The second-order valence-corrected chi connectivity index (χ2v) is 9.59. The number of rotatable bonds is 6. The molecule has 0 spiro atoms. The first-order valence-corrected chi connectivity index (χ1v) is 12.1. The first kappa shape index (κ1) is 22.9. The molecule has 0 unspecified atom stereocenters. The Kier molecular flexibility index (Phi) is 6.57. The second kappa shape index (κ2) is 9.76. The zero-order valence-corrected chi connectivity index (χ0v) is 19.9. The van der Waals surface area contributed by atoms with Crippen LogP contribution in [0.15, 0.2) is 36.4 Å². The van der Waals surface area contributed by atoms with Gasteiger partial charge in [-0.3, -0.25) is 14.7 Å². The predicted molar refractivity (Wildman–Crippen MR) is 133 cm³/mol.